The maximum atomic E-state index is 12.4. The summed E-state index contributed by atoms with van der Waals surface area (Å²) in [5.74, 6) is -2.73. The summed E-state index contributed by atoms with van der Waals surface area (Å²) in [6, 6.07) is 5.60. The summed E-state index contributed by atoms with van der Waals surface area (Å²) in [5.41, 5.74) is 2.61. The van der Waals surface area contributed by atoms with Crippen molar-refractivity contribution >= 4 is 29.4 Å². The molecule has 3 atom stereocenters. The second kappa shape index (κ2) is 7.96. The van der Waals surface area contributed by atoms with Gasteiger partial charge in [0.25, 0.3) is 5.91 Å². The summed E-state index contributed by atoms with van der Waals surface area (Å²) in [6.45, 7) is 4.81. The molecule has 3 rings (SSSR count). The lowest BCUT2D eigenvalue weighted by molar-refractivity contribution is -0.158. The number of anilines is 1. The third-order valence-electron chi connectivity index (χ3n) is 5.20. The molecule has 0 saturated carbocycles. The molecule has 0 aromatic heterocycles. The van der Waals surface area contributed by atoms with Crippen molar-refractivity contribution in [2.24, 2.45) is 11.8 Å². The summed E-state index contributed by atoms with van der Waals surface area (Å²) in [5, 5.41) is 2.72. The average Bonchev–Trinajstić information content (AvgIpc) is 2.89. The molecule has 2 aliphatic rings. The molecule has 1 aromatic carbocycles. The Labute approximate surface area is 163 Å². The molecule has 28 heavy (non-hydrogen) atoms. The maximum Gasteiger partial charge on any atom is 0.326 e. The van der Waals surface area contributed by atoms with Crippen LogP contribution in [0.5, 0.6) is 0 Å². The van der Waals surface area contributed by atoms with Gasteiger partial charge in [-0.2, -0.15) is 0 Å². The van der Waals surface area contributed by atoms with Crippen molar-refractivity contribution in [2.45, 2.75) is 39.7 Å². The van der Waals surface area contributed by atoms with E-state index in [1.54, 1.807) is 6.07 Å². The Morgan fingerprint density at radius 1 is 1.14 bits per heavy atom. The average molecular weight is 384 g/mol. The second-order valence-corrected chi connectivity index (χ2v) is 7.36. The molecular formula is C21H24N2O5. The van der Waals surface area contributed by atoms with Gasteiger partial charge < -0.3 is 10.1 Å². The van der Waals surface area contributed by atoms with E-state index in [1.807, 2.05) is 38.1 Å². The number of likely N-dealkylation sites (tertiary alicyclic amines) is 1. The number of rotatable bonds is 5. The van der Waals surface area contributed by atoms with Crippen LogP contribution in [0.2, 0.25) is 0 Å². The van der Waals surface area contributed by atoms with Gasteiger partial charge in [0, 0.05) is 5.69 Å². The zero-order valence-corrected chi connectivity index (χ0v) is 16.2. The van der Waals surface area contributed by atoms with E-state index in [4.69, 9.17) is 4.74 Å². The van der Waals surface area contributed by atoms with Crippen molar-refractivity contribution < 1.29 is 23.9 Å². The number of nitrogens with zero attached hydrogens (tertiary/aromatic N) is 1. The van der Waals surface area contributed by atoms with Crippen LogP contribution in [-0.4, -0.2) is 41.2 Å². The predicted octanol–water partition coefficient (Wildman–Crippen LogP) is 2.12. The lowest BCUT2D eigenvalue weighted by Crippen LogP contribution is -2.39. The van der Waals surface area contributed by atoms with Crippen LogP contribution in [0.4, 0.5) is 5.69 Å². The van der Waals surface area contributed by atoms with Gasteiger partial charge in [-0.1, -0.05) is 29.8 Å². The number of aryl methyl sites for hydroxylation is 2. The molecule has 7 heteroatoms. The van der Waals surface area contributed by atoms with E-state index in [2.05, 4.69) is 5.32 Å². The molecule has 1 heterocycles. The van der Waals surface area contributed by atoms with E-state index in [0.717, 1.165) is 16.0 Å². The quantitative estimate of drug-likeness (QED) is 0.477. The van der Waals surface area contributed by atoms with Crippen LogP contribution < -0.4 is 5.32 Å². The maximum absolute atomic E-state index is 12.4. The van der Waals surface area contributed by atoms with E-state index in [-0.39, 0.29) is 11.8 Å². The Morgan fingerprint density at radius 3 is 2.32 bits per heavy atom. The topological polar surface area (TPSA) is 92.8 Å². The van der Waals surface area contributed by atoms with Crippen molar-refractivity contribution in [2.75, 3.05) is 11.9 Å². The standard InChI is InChI=1S/C21H24N2O5/c1-12-8-9-17(13(2)10-12)22-19(25)14(3)28-18(24)11-23-20(26)15-6-4-5-7-16(15)21(23)27/h4-5,8-10,14-16H,6-7,11H2,1-3H3,(H,22,25)/t14-,15-,16+/m1/s1. The van der Waals surface area contributed by atoms with E-state index >= 15 is 0 Å². The third kappa shape index (κ3) is 3.98. The van der Waals surface area contributed by atoms with Crippen molar-refractivity contribution in [1.82, 2.24) is 4.90 Å². The molecular weight excluding hydrogens is 360 g/mol. The number of hydrogen-bond donors (Lipinski definition) is 1. The number of hydrogen-bond acceptors (Lipinski definition) is 5. The van der Waals surface area contributed by atoms with Gasteiger partial charge in [0.05, 0.1) is 11.8 Å². The van der Waals surface area contributed by atoms with Gasteiger partial charge in [0.1, 0.15) is 6.54 Å². The molecule has 0 spiro atoms. The van der Waals surface area contributed by atoms with Gasteiger partial charge in [0.2, 0.25) is 11.8 Å². The van der Waals surface area contributed by atoms with Crippen molar-refractivity contribution in [1.29, 1.82) is 0 Å². The number of esters is 1. The highest BCUT2D eigenvalue weighted by atomic mass is 16.5. The van der Waals surface area contributed by atoms with Gasteiger partial charge in [-0.15, -0.1) is 0 Å². The van der Waals surface area contributed by atoms with Crippen LogP contribution in [-0.2, 0) is 23.9 Å². The zero-order chi connectivity index (χ0) is 20.4. The lowest BCUT2D eigenvalue weighted by atomic mass is 9.85. The third-order valence-corrected chi connectivity index (χ3v) is 5.20. The number of fused-ring (bicyclic) bond motifs is 1. The first-order valence-corrected chi connectivity index (χ1v) is 9.35. The van der Waals surface area contributed by atoms with Crippen molar-refractivity contribution in [3.05, 3.63) is 41.5 Å². The molecule has 0 radical (unpaired) electrons. The monoisotopic (exact) mass is 384 g/mol. The number of benzene rings is 1. The first-order chi connectivity index (χ1) is 13.3. The minimum Gasteiger partial charge on any atom is -0.451 e. The molecule has 148 valence electrons. The van der Waals surface area contributed by atoms with Crippen LogP contribution in [0.3, 0.4) is 0 Å². The number of imide groups is 1. The number of allylic oxidation sites excluding steroid dienone is 2. The van der Waals surface area contributed by atoms with Gasteiger partial charge >= 0.3 is 5.97 Å². The fourth-order valence-corrected chi connectivity index (χ4v) is 3.63. The van der Waals surface area contributed by atoms with Crippen LogP contribution in [0, 0.1) is 25.7 Å². The highest BCUT2D eigenvalue weighted by Gasteiger charge is 2.47. The highest BCUT2D eigenvalue weighted by Crippen LogP contribution is 2.34. The molecule has 1 fully saturated rings. The first kappa shape index (κ1) is 19.8. The van der Waals surface area contributed by atoms with Gasteiger partial charge in [-0.3, -0.25) is 24.1 Å². The Hall–Kier alpha value is -2.96. The largest absolute Gasteiger partial charge is 0.451 e. The Balaban J connectivity index is 1.56. The summed E-state index contributed by atoms with van der Waals surface area (Å²) in [6.07, 6.45) is 3.73. The van der Waals surface area contributed by atoms with Gasteiger partial charge in [0.15, 0.2) is 6.10 Å². The zero-order valence-electron chi connectivity index (χ0n) is 16.2. The smallest absolute Gasteiger partial charge is 0.326 e. The molecule has 0 bridgehead atoms. The minimum absolute atomic E-state index is 0.344. The first-order valence-electron chi connectivity index (χ1n) is 9.35. The Morgan fingerprint density at radius 2 is 1.75 bits per heavy atom. The lowest BCUT2D eigenvalue weighted by Gasteiger charge is -2.17. The summed E-state index contributed by atoms with van der Waals surface area (Å²) < 4.78 is 5.15. The predicted molar refractivity (Wildman–Crippen MR) is 102 cm³/mol. The summed E-state index contributed by atoms with van der Waals surface area (Å²) in [7, 11) is 0. The van der Waals surface area contributed by atoms with Gasteiger partial charge in [-0.25, -0.2) is 0 Å². The van der Waals surface area contributed by atoms with Crippen molar-refractivity contribution in [3.63, 3.8) is 0 Å². The molecule has 7 nitrogen and oxygen atoms in total. The second-order valence-electron chi connectivity index (χ2n) is 7.36. The number of ether oxygens (including phenoxy) is 1. The summed E-state index contributed by atoms with van der Waals surface area (Å²) >= 11 is 0. The number of amides is 3. The summed E-state index contributed by atoms with van der Waals surface area (Å²) in [4.78, 5) is 50.3. The molecule has 1 aliphatic carbocycles. The number of nitrogens with one attached hydrogen (secondary N) is 1. The van der Waals surface area contributed by atoms with Crippen LogP contribution in [0.1, 0.15) is 30.9 Å². The number of carbonyl (C=O) groups excluding carboxylic acids is 4. The van der Waals surface area contributed by atoms with E-state index < -0.39 is 36.4 Å². The molecule has 1 aliphatic heterocycles. The molecule has 3 amide bonds. The van der Waals surface area contributed by atoms with Crippen LogP contribution in [0.25, 0.3) is 0 Å². The van der Waals surface area contributed by atoms with E-state index in [1.165, 1.54) is 6.92 Å². The van der Waals surface area contributed by atoms with Gasteiger partial charge in [-0.05, 0) is 45.2 Å². The SMILES string of the molecule is Cc1ccc(NC(=O)[C@@H](C)OC(=O)CN2C(=O)[C@H]3CC=CC[C@H]3C2=O)c(C)c1. The molecule has 1 N–H and O–H groups in total. The Bertz CT molecular complexity index is 834. The molecule has 0 unspecified atom stereocenters. The fraction of sp³-hybridized carbons (Fsp3) is 0.429. The minimum atomic E-state index is -1.05. The normalized spacial score (nSPS) is 22.0. The van der Waals surface area contributed by atoms with E-state index in [0.29, 0.717) is 18.5 Å². The van der Waals surface area contributed by atoms with E-state index in [9.17, 15) is 19.2 Å². The highest BCUT2D eigenvalue weighted by molar-refractivity contribution is 6.07. The van der Waals surface area contributed by atoms with Crippen LogP contribution in [0.15, 0.2) is 30.4 Å². The molecule has 1 saturated heterocycles. The number of carbonyl (C=O) groups is 4. The molecule has 1 aromatic rings. The Kier molecular flexibility index (Phi) is 5.63. The fourth-order valence-electron chi connectivity index (χ4n) is 3.63. The van der Waals surface area contributed by atoms with Crippen molar-refractivity contribution in [3.8, 4) is 0 Å². The van der Waals surface area contributed by atoms with Crippen LogP contribution >= 0.6 is 0 Å².